The van der Waals surface area contributed by atoms with Gasteiger partial charge in [0.1, 0.15) is 0 Å². The number of hydrogen-bond donors (Lipinski definition) is 1. The first-order chi connectivity index (χ1) is 8.25. The molecule has 0 radical (unpaired) electrons. The number of hydrogen-bond acceptors (Lipinski definition) is 3. The van der Waals surface area contributed by atoms with Crippen LogP contribution in [-0.4, -0.2) is 12.6 Å². The third-order valence-corrected chi connectivity index (χ3v) is 2.84. The molecule has 7 heteroatoms. The van der Waals surface area contributed by atoms with Crippen molar-refractivity contribution in [3.05, 3.63) is 27.7 Å². The maximum Gasteiger partial charge on any atom is 0.416 e. The summed E-state index contributed by atoms with van der Waals surface area (Å²) in [6.45, 7) is 1.78. The number of rotatable bonds is 3. The Morgan fingerprint density at radius 1 is 1.44 bits per heavy atom. The van der Waals surface area contributed by atoms with Crippen LogP contribution in [0.1, 0.15) is 18.1 Å². The van der Waals surface area contributed by atoms with Gasteiger partial charge in [-0.15, -0.1) is 0 Å². The second-order valence-corrected chi connectivity index (χ2v) is 4.36. The van der Waals surface area contributed by atoms with Crippen LogP contribution >= 0.6 is 15.9 Å². The molecule has 0 heterocycles. The lowest BCUT2D eigenvalue weighted by Crippen LogP contribution is -2.12. The van der Waals surface area contributed by atoms with Gasteiger partial charge >= 0.3 is 12.1 Å². The Bertz CT molecular complexity index is 460. The molecule has 0 aromatic heterocycles. The second-order valence-electron chi connectivity index (χ2n) is 3.51. The van der Waals surface area contributed by atoms with Gasteiger partial charge in [-0.3, -0.25) is 4.79 Å². The predicted molar refractivity (Wildman–Crippen MR) is 63.9 cm³/mol. The summed E-state index contributed by atoms with van der Waals surface area (Å²) < 4.78 is 42.5. The summed E-state index contributed by atoms with van der Waals surface area (Å²) in [6, 6.07) is 1.74. The van der Waals surface area contributed by atoms with Gasteiger partial charge in [-0.05, 0) is 40.5 Å². The minimum atomic E-state index is -4.49. The Labute approximate surface area is 110 Å². The van der Waals surface area contributed by atoms with Crippen molar-refractivity contribution < 1.29 is 22.7 Å². The molecule has 0 saturated heterocycles. The fraction of sp³-hybridized carbons (Fsp3) is 0.364. The van der Waals surface area contributed by atoms with Crippen molar-refractivity contribution >= 4 is 27.6 Å². The maximum atomic E-state index is 12.6. The van der Waals surface area contributed by atoms with Crippen molar-refractivity contribution in [2.75, 3.05) is 12.3 Å². The van der Waals surface area contributed by atoms with Gasteiger partial charge in [-0.2, -0.15) is 13.2 Å². The van der Waals surface area contributed by atoms with Crippen molar-refractivity contribution in [3.63, 3.8) is 0 Å². The molecular formula is C11H11BrF3NO2. The highest BCUT2D eigenvalue weighted by molar-refractivity contribution is 9.10. The topological polar surface area (TPSA) is 52.3 Å². The van der Waals surface area contributed by atoms with E-state index in [9.17, 15) is 18.0 Å². The van der Waals surface area contributed by atoms with E-state index < -0.39 is 17.7 Å². The summed E-state index contributed by atoms with van der Waals surface area (Å²) in [5, 5.41) is 0. The van der Waals surface area contributed by atoms with Crippen LogP contribution in [-0.2, 0) is 22.1 Å². The van der Waals surface area contributed by atoms with Gasteiger partial charge in [-0.25, -0.2) is 0 Å². The zero-order valence-electron chi connectivity index (χ0n) is 9.47. The molecule has 18 heavy (non-hydrogen) atoms. The number of anilines is 1. The normalized spacial score (nSPS) is 11.4. The molecule has 1 aromatic carbocycles. The molecule has 0 saturated carbocycles. The molecule has 0 fully saturated rings. The molecule has 0 bridgehead atoms. The number of halogens is 4. The largest absolute Gasteiger partial charge is 0.466 e. The van der Waals surface area contributed by atoms with Crippen molar-refractivity contribution in [3.8, 4) is 0 Å². The molecule has 3 nitrogen and oxygen atoms in total. The van der Waals surface area contributed by atoms with E-state index in [-0.39, 0.29) is 28.8 Å². The lowest BCUT2D eigenvalue weighted by molar-refractivity contribution is -0.142. The van der Waals surface area contributed by atoms with E-state index in [1.54, 1.807) is 6.92 Å². The SMILES string of the molecule is CCOC(=O)Cc1cc(C(F)(F)F)cc(Br)c1N. The van der Waals surface area contributed by atoms with Gasteiger partial charge < -0.3 is 10.5 Å². The van der Waals surface area contributed by atoms with E-state index in [1.807, 2.05) is 0 Å². The first-order valence-electron chi connectivity index (χ1n) is 5.06. The Morgan fingerprint density at radius 2 is 2.06 bits per heavy atom. The van der Waals surface area contributed by atoms with Crippen LogP contribution in [0.2, 0.25) is 0 Å². The fourth-order valence-electron chi connectivity index (χ4n) is 1.35. The maximum absolute atomic E-state index is 12.6. The number of esters is 1. The monoisotopic (exact) mass is 325 g/mol. The van der Waals surface area contributed by atoms with Crippen LogP contribution < -0.4 is 5.73 Å². The van der Waals surface area contributed by atoms with Gasteiger partial charge in [0.25, 0.3) is 0 Å². The lowest BCUT2D eigenvalue weighted by Gasteiger charge is -2.12. The zero-order valence-corrected chi connectivity index (χ0v) is 11.1. The van der Waals surface area contributed by atoms with Crippen LogP contribution in [0.3, 0.4) is 0 Å². The number of alkyl halides is 3. The standard InChI is InChI=1S/C11H11BrF3NO2/c1-2-18-9(17)4-6-3-7(11(13,14)15)5-8(12)10(6)16/h3,5H,2,4,16H2,1H3. The Morgan fingerprint density at radius 3 is 2.56 bits per heavy atom. The Kier molecular flexibility index (Phi) is 4.61. The molecule has 0 atom stereocenters. The van der Waals surface area contributed by atoms with E-state index in [4.69, 9.17) is 5.73 Å². The summed E-state index contributed by atoms with van der Waals surface area (Å²) in [7, 11) is 0. The average Bonchev–Trinajstić information content (AvgIpc) is 2.23. The summed E-state index contributed by atoms with van der Waals surface area (Å²) in [6.07, 6.45) is -4.78. The molecule has 1 rings (SSSR count). The van der Waals surface area contributed by atoms with Crippen molar-refractivity contribution in [2.45, 2.75) is 19.5 Å². The Balaban J connectivity index is 3.11. The molecule has 1 aromatic rings. The van der Waals surface area contributed by atoms with Crippen LogP contribution in [0.5, 0.6) is 0 Å². The summed E-state index contributed by atoms with van der Waals surface area (Å²) >= 11 is 2.94. The third kappa shape index (κ3) is 3.63. The van der Waals surface area contributed by atoms with Gasteiger partial charge in [0, 0.05) is 10.2 Å². The van der Waals surface area contributed by atoms with Crippen molar-refractivity contribution in [1.29, 1.82) is 0 Å². The summed E-state index contributed by atoms with van der Waals surface area (Å²) in [4.78, 5) is 11.3. The van der Waals surface area contributed by atoms with Crippen LogP contribution in [0.25, 0.3) is 0 Å². The van der Waals surface area contributed by atoms with Gasteiger partial charge in [0.05, 0.1) is 18.6 Å². The smallest absolute Gasteiger partial charge is 0.416 e. The molecule has 0 unspecified atom stereocenters. The summed E-state index contributed by atoms with van der Waals surface area (Å²) in [5.41, 5.74) is 4.96. The number of nitrogen functional groups attached to an aromatic ring is 1. The predicted octanol–water partition coefficient (Wildman–Crippen LogP) is 3.16. The fourth-order valence-corrected chi connectivity index (χ4v) is 1.85. The van der Waals surface area contributed by atoms with Gasteiger partial charge in [0.2, 0.25) is 0 Å². The third-order valence-electron chi connectivity index (χ3n) is 2.18. The van der Waals surface area contributed by atoms with E-state index in [0.29, 0.717) is 0 Å². The van der Waals surface area contributed by atoms with Gasteiger partial charge in [-0.1, -0.05) is 0 Å². The van der Waals surface area contributed by atoms with E-state index in [0.717, 1.165) is 12.1 Å². The first kappa shape index (κ1) is 14.8. The molecule has 0 spiro atoms. The quantitative estimate of drug-likeness (QED) is 0.686. The molecule has 0 aliphatic carbocycles. The molecular weight excluding hydrogens is 315 g/mol. The molecule has 100 valence electrons. The van der Waals surface area contributed by atoms with E-state index in [1.165, 1.54) is 0 Å². The molecule has 0 aliphatic heterocycles. The van der Waals surface area contributed by atoms with E-state index >= 15 is 0 Å². The van der Waals surface area contributed by atoms with Gasteiger partial charge in [0.15, 0.2) is 0 Å². The van der Waals surface area contributed by atoms with E-state index in [2.05, 4.69) is 20.7 Å². The molecule has 0 amide bonds. The second kappa shape index (κ2) is 5.60. The number of nitrogens with two attached hydrogens (primary N) is 1. The van der Waals surface area contributed by atoms with Crippen LogP contribution in [0.15, 0.2) is 16.6 Å². The van der Waals surface area contributed by atoms with Crippen LogP contribution in [0.4, 0.5) is 18.9 Å². The lowest BCUT2D eigenvalue weighted by atomic mass is 10.1. The van der Waals surface area contributed by atoms with Crippen molar-refractivity contribution in [2.24, 2.45) is 0 Å². The first-order valence-corrected chi connectivity index (χ1v) is 5.85. The highest BCUT2D eigenvalue weighted by atomic mass is 79.9. The number of benzene rings is 1. The van der Waals surface area contributed by atoms with Crippen LogP contribution in [0, 0.1) is 0 Å². The Hall–Kier alpha value is -1.24. The number of ether oxygens (including phenoxy) is 1. The van der Waals surface area contributed by atoms with Crippen molar-refractivity contribution in [1.82, 2.24) is 0 Å². The highest BCUT2D eigenvalue weighted by Gasteiger charge is 2.32. The molecule has 2 N–H and O–H groups in total. The minimum absolute atomic E-state index is 0.0927. The minimum Gasteiger partial charge on any atom is -0.466 e. The number of carbonyl (C=O) groups excluding carboxylic acids is 1. The summed E-state index contributed by atoms with van der Waals surface area (Å²) in [5.74, 6) is -0.615. The average molecular weight is 326 g/mol. The number of carbonyl (C=O) groups is 1. The zero-order chi connectivity index (χ0) is 13.9. The highest BCUT2D eigenvalue weighted by Crippen LogP contribution is 2.35. The molecule has 0 aliphatic rings.